The van der Waals surface area contributed by atoms with Crippen LogP contribution in [-0.2, 0) is 11.8 Å². The maximum Gasteiger partial charge on any atom is 0.333 e. The highest BCUT2D eigenvalue weighted by Gasteiger charge is 2.22. The van der Waals surface area contributed by atoms with Crippen molar-refractivity contribution in [3.63, 3.8) is 0 Å². The van der Waals surface area contributed by atoms with E-state index in [4.69, 9.17) is 30.5 Å². The molecule has 6 rings (SSSR count). The second kappa shape index (κ2) is 14.5. The highest BCUT2D eigenvalue weighted by molar-refractivity contribution is 6.30. The third-order valence-electron chi connectivity index (χ3n) is 8.17. The van der Waals surface area contributed by atoms with Gasteiger partial charge in [0.05, 0.1) is 43.8 Å². The Hall–Kier alpha value is -4.91. The minimum absolute atomic E-state index is 0.0552. The summed E-state index contributed by atoms with van der Waals surface area (Å²) in [6.07, 6.45) is 2.42. The molecule has 2 aromatic heterocycles. The molecule has 0 spiro atoms. The molecular formula is C35H35ClFN5O6. The van der Waals surface area contributed by atoms with Crippen LogP contribution in [0.4, 0.5) is 10.1 Å². The summed E-state index contributed by atoms with van der Waals surface area (Å²) in [5.41, 5.74) is 1.49. The molecule has 1 aliphatic rings. The molecule has 11 nitrogen and oxygen atoms in total. The van der Waals surface area contributed by atoms with E-state index in [1.165, 1.54) is 28.3 Å². The van der Waals surface area contributed by atoms with Crippen molar-refractivity contribution in [2.45, 2.75) is 13.3 Å². The van der Waals surface area contributed by atoms with Gasteiger partial charge in [-0.1, -0.05) is 11.6 Å². The average molecular weight is 676 g/mol. The number of nitrogens with one attached hydrogen (secondary N) is 1. The van der Waals surface area contributed by atoms with Gasteiger partial charge in [-0.05, 0) is 61.9 Å². The molecule has 0 radical (unpaired) electrons. The first kappa shape index (κ1) is 33.0. The number of pyridine rings is 1. The zero-order valence-corrected chi connectivity index (χ0v) is 27.6. The summed E-state index contributed by atoms with van der Waals surface area (Å²) >= 11 is 6.00. The van der Waals surface area contributed by atoms with Crippen LogP contribution in [0, 0.1) is 12.7 Å². The van der Waals surface area contributed by atoms with Crippen LogP contribution >= 0.6 is 11.6 Å². The van der Waals surface area contributed by atoms with Crippen LogP contribution in [0.15, 0.2) is 71.7 Å². The fraction of sp³-hybridized carbons (Fsp3) is 0.286. The third-order valence-corrected chi connectivity index (χ3v) is 8.42. The minimum atomic E-state index is -0.700. The van der Waals surface area contributed by atoms with E-state index in [9.17, 15) is 9.59 Å². The van der Waals surface area contributed by atoms with Gasteiger partial charge >= 0.3 is 5.69 Å². The van der Waals surface area contributed by atoms with E-state index in [2.05, 4.69) is 15.2 Å². The zero-order valence-electron chi connectivity index (χ0n) is 26.8. The summed E-state index contributed by atoms with van der Waals surface area (Å²) in [7, 11) is 3.06. The van der Waals surface area contributed by atoms with Gasteiger partial charge in [-0.15, -0.1) is 0 Å². The van der Waals surface area contributed by atoms with Gasteiger partial charge < -0.3 is 24.3 Å². The predicted octanol–water partition coefficient (Wildman–Crippen LogP) is 5.98. The minimum Gasteiger partial charge on any atom is -0.493 e. The van der Waals surface area contributed by atoms with Gasteiger partial charge in [-0.3, -0.25) is 23.8 Å². The third kappa shape index (κ3) is 7.01. The Labute approximate surface area is 281 Å². The first-order chi connectivity index (χ1) is 23.2. The topological polar surface area (TPSA) is 109 Å². The lowest BCUT2D eigenvalue weighted by Crippen LogP contribution is -2.37. The van der Waals surface area contributed by atoms with E-state index in [1.807, 2.05) is 0 Å². The van der Waals surface area contributed by atoms with Gasteiger partial charge in [0.25, 0.3) is 5.91 Å². The van der Waals surface area contributed by atoms with Crippen LogP contribution < -0.4 is 25.2 Å². The zero-order chi connectivity index (χ0) is 33.8. The molecule has 13 heteroatoms. The summed E-state index contributed by atoms with van der Waals surface area (Å²) in [6, 6.07) is 16.0. The van der Waals surface area contributed by atoms with Crippen molar-refractivity contribution >= 4 is 34.1 Å². The molecular weight excluding hydrogens is 641 g/mol. The van der Waals surface area contributed by atoms with Gasteiger partial charge in [0, 0.05) is 61.1 Å². The van der Waals surface area contributed by atoms with Crippen molar-refractivity contribution in [1.29, 1.82) is 0 Å². The first-order valence-corrected chi connectivity index (χ1v) is 15.8. The monoisotopic (exact) mass is 675 g/mol. The number of fused-ring (bicyclic) bond motifs is 1. The highest BCUT2D eigenvalue weighted by Crippen LogP contribution is 2.38. The quantitative estimate of drug-likeness (QED) is 0.170. The Balaban J connectivity index is 1.16. The lowest BCUT2D eigenvalue weighted by atomic mass is 10.1. The van der Waals surface area contributed by atoms with Crippen molar-refractivity contribution in [2.24, 2.45) is 7.05 Å². The van der Waals surface area contributed by atoms with Crippen molar-refractivity contribution in [1.82, 2.24) is 19.0 Å². The van der Waals surface area contributed by atoms with Crippen LogP contribution in [0.5, 0.6) is 23.0 Å². The number of benzene rings is 3. The summed E-state index contributed by atoms with van der Waals surface area (Å²) in [5.74, 6) is 0.0925. The predicted molar refractivity (Wildman–Crippen MR) is 181 cm³/mol. The number of nitrogens with zero attached hydrogens (tertiary/aromatic N) is 4. The number of hydrogen-bond acceptors (Lipinski definition) is 8. The molecule has 5 aromatic rings. The highest BCUT2D eigenvalue weighted by atomic mass is 35.5. The van der Waals surface area contributed by atoms with Crippen LogP contribution in [-0.4, -0.2) is 71.5 Å². The van der Waals surface area contributed by atoms with Crippen molar-refractivity contribution < 1.29 is 28.1 Å². The Morgan fingerprint density at radius 2 is 1.79 bits per heavy atom. The number of hydrogen-bond donors (Lipinski definition) is 1. The largest absolute Gasteiger partial charge is 0.493 e. The molecule has 1 saturated heterocycles. The molecule has 3 heterocycles. The fourth-order valence-corrected chi connectivity index (χ4v) is 5.83. The molecule has 1 fully saturated rings. The van der Waals surface area contributed by atoms with Crippen molar-refractivity contribution in [3.05, 3.63) is 99.6 Å². The second-order valence-electron chi connectivity index (χ2n) is 11.3. The fourth-order valence-electron chi connectivity index (χ4n) is 5.70. The summed E-state index contributed by atoms with van der Waals surface area (Å²) in [6.45, 7) is 6.44. The van der Waals surface area contributed by atoms with E-state index < -0.39 is 17.4 Å². The molecule has 0 atom stereocenters. The molecule has 1 N–H and O–H groups in total. The number of ether oxygens (including phenoxy) is 4. The number of morpholine rings is 1. The normalized spacial score (nSPS) is 13.4. The average Bonchev–Trinajstić information content (AvgIpc) is 3.31. The van der Waals surface area contributed by atoms with Crippen molar-refractivity contribution in [2.75, 3.05) is 51.9 Å². The number of carbonyl (C=O) groups excluding carboxylic acids is 1. The first-order valence-electron chi connectivity index (χ1n) is 15.5. The van der Waals surface area contributed by atoms with Crippen molar-refractivity contribution in [3.8, 4) is 28.7 Å². The van der Waals surface area contributed by atoms with E-state index in [0.29, 0.717) is 51.2 Å². The summed E-state index contributed by atoms with van der Waals surface area (Å²) < 4.78 is 41.1. The second-order valence-corrected chi connectivity index (χ2v) is 11.7. The molecule has 0 saturated carbocycles. The molecule has 48 heavy (non-hydrogen) atoms. The molecule has 0 unspecified atom stereocenters. The lowest BCUT2D eigenvalue weighted by Gasteiger charge is -2.26. The number of halogens is 2. The summed E-state index contributed by atoms with van der Waals surface area (Å²) in [4.78, 5) is 33.1. The smallest absolute Gasteiger partial charge is 0.333 e. The standard InChI is InChI=1S/C35H35ClFN5O6/c1-22-33(40(2)35(44)42(22)25-8-5-23(36)6-9-25)34(43)39-24-7-10-30(27(37)19-24)48-29-11-12-38-28-21-32(31(45-3)20-26(28)29)47-16-4-13-41-14-17-46-18-15-41/h5-12,19-21H,4,13-18H2,1-3H3,(H,39,43). The van der Waals surface area contributed by atoms with Gasteiger partial charge in [-0.2, -0.15) is 0 Å². The number of methoxy groups -OCH3 is 1. The van der Waals surface area contributed by atoms with Gasteiger partial charge in [-0.25, -0.2) is 9.18 Å². The Bertz CT molecular complexity index is 2010. The van der Waals surface area contributed by atoms with Gasteiger partial charge in [0.2, 0.25) is 0 Å². The van der Waals surface area contributed by atoms with E-state index >= 15 is 4.39 Å². The Morgan fingerprint density at radius 3 is 2.52 bits per heavy atom. The maximum atomic E-state index is 15.4. The van der Waals surface area contributed by atoms with E-state index in [-0.39, 0.29) is 17.1 Å². The molecule has 0 bridgehead atoms. The molecule has 1 aliphatic heterocycles. The number of carbonyl (C=O) groups is 1. The molecule has 3 aromatic carbocycles. The van der Waals surface area contributed by atoms with Crippen LogP contribution in [0.25, 0.3) is 16.6 Å². The number of imidazole rings is 1. The van der Waals surface area contributed by atoms with Crippen LogP contribution in [0.3, 0.4) is 0 Å². The van der Waals surface area contributed by atoms with E-state index in [0.717, 1.165) is 45.3 Å². The van der Waals surface area contributed by atoms with E-state index in [1.54, 1.807) is 62.7 Å². The lowest BCUT2D eigenvalue weighted by molar-refractivity contribution is 0.0357. The van der Waals surface area contributed by atoms with Crippen LogP contribution in [0.2, 0.25) is 5.02 Å². The molecule has 0 aliphatic carbocycles. The number of aromatic nitrogens is 3. The summed E-state index contributed by atoms with van der Waals surface area (Å²) in [5, 5.41) is 3.81. The maximum absolute atomic E-state index is 15.4. The number of anilines is 1. The van der Waals surface area contributed by atoms with Crippen LogP contribution in [0.1, 0.15) is 22.6 Å². The Kier molecular flexibility index (Phi) is 9.95. The molecule has 250 valence electrons. The van der Waals surface area contributed by atoms with Gasteiger partial charge in [0.1, 0.15) is 11.4 Å². The number of rotatable bonds is 11. The number of amides is 1. The Morgan fingerprint density at radius 1 is 1.02 bits per heavy atom. The molecule has 1 amide bonds. The SMILES string of the molecule is COc1cc2c(Oc3ccc(NC(=O)c4c(C)n(-c5ccc(Cl)cc5)c(=O)n4C)cc3F)ccnc2cc1OCCCN1CCOCC1. The van der Waals surface area contributed by atoms with Gasteiger partial charge in [0.15, 0.2) is 23.1 Å².